The van der Waals surface area contributed by atoms with Crippen LogP contribution in [0, 0.1) is 0 Å². The standard InChI is InChI=1S/C14H29N5O/c1-4-18(5-2)8-6-7-13(3)15-11-14-12-19(9-10-20)17-16-14/h12-13,15,20H,4-11H2,1-3H3. The predicted octanol–water partition coefficient (Wildman–Crippen LogP) is 0.871. The van der Waals surface area contributed by atoms with Crippen LogP contribution in [0.3, 0.4) is 0 Å². The first-order valence-electron chi connectivity index (χ1n) is 7.65. The molecule has 1 aromatic rings. The van der Waals surface area contributed by atoms with Crippen LogP contribution in [0.1, 0.15) is 39.3 Å². The molecule has 0 bridgehead atoms. The maximum absolute atomic E-state index is 8.82. The highest BCUT2D eigenvalue weighted by molar-refractivity contribution is 4.91. The Kier molecular flexibility index (Phi) is 8.41. The van der Waals surface area contributed by atoms with Crippen molar-refractivity contribution in [3.8, 4) is 0 Å². The lowest BCUT2D eigenvalue weighted by molar-refractivity contribution is 0.268. The van der Waals surface area contributed by atoms with Crippen molar-refractivity contribution in [3.05, 3.63) is 11.9 Å². The van der Waals surface area contributed by atoms with Crippen molar-refractivity contribution in [3.63, 3.8) is 0 Å². The fraction of sp³-hybridized carbons (Fsp3) is 0.857. The minimum absolute atomic E-state index is 0.0952. The molecule has 6 heteroatoms. The second-order valence-electron chi connectivity index (χ2n) is 5.15. The summed E-state index contributed by atoms with van der Waals surface area (Å²) in [5, 5.41) is 20.3. The summed E-state index contributed by atoms with van der Waals surface area (Å²) < 4.78 is 1.67. The van der Waals surface area contributed by atoms with Gasteiger partial charge in [0.15, 0.2) is 0 Å². The lowest BCUT2D eigenvalue weighted by Gasteiger charge is -2.19. The highest BCUT2D eigenvalue weighted by atomic mass is 16.3. The number of nitrogens with zero attached hydrogens (tertiary/aromatic N) is 4. The molecule has 0 aliphatic carbocycles. The maximum atomic E-state index is 8.82. The molecule has 116 valence electrons. The molecule has 1 aromatic heterocycles. The molecule has 0 fully saturated rings. The van der Waals surface area contributed by atoms with Crippen molar-refractivity contribution in [2.75, 3.05) is 26.2 Å². The Morgan fingerprint density at radius 3 is 2.80 bits per heavy atom. The highest BCUT2D eigenvalue weighted by Gasteiger charge is 2.06. The molecule has 0 aliphatic heterocycles. The second kappa shape index (κ2) is 9.85. The molecular weight excluding hydrogens is 254 g/mol. The second-order valence-corrected chi connectivity index (χ2v) is 5.15. The summed E-state index contributed by atoms with van der Waals surface area (Å²) in [5.41, 5.74) is 0.925. The highest BCUT2D eigenvalue weighted by Crippen LogP contribution is 2.01. The molecule has 2 N–H and O–H groups in total. The van der Waals surface area contributed by atoms with Crippen LogP contribution in [0.4, 0.5) is 0 Å². The number of hydrogen-bond donors (Lipinski definition) is 2. The van der Waals surface area contributed by atoms with Gasteiger partial charge in [0, 0.05) is 18.8 Å². The van der Waals surface area contributed by atoms with E-state index in [2.05, 4.69) is 41.3 Å². The quantitative estimate of drug-likeness (QED) is 0.631. The van der Waals surface area contributed by atoms with Gasteiger partial charge in [-0.3, -0.25) is 0 Å². The van der Waals surface area contributed by atoms with Gasteiger partial charge in [0.1, 0.15) is 0 Å². The van der Waals surface area contributed by atoms with Crippen LogP contribution >= 0.6 is 0 Å². The van der Waals surface area contributed by atoms with Crippen LogP contribution in [0.25, 0.3) is 0 Å². The molecule has 0 amide bonds. The molecule has 0 radical (unpaired) electrons. The number of aliphatic hydroxyl groups is 1. The van der Waals surface area contributed by atoms with Gasteiger partial charge in [0.25, 0.3) is 0 Å². The van der Waals surface area contributed by atoms with Gasteiger partial charge in [-0.05, 0) is 39.4 Å². The topological polar surface area (TPSA) is 66.2 Å². The van der Waals surface area contributed by atoms with Crippen LogP contribution < -0.4 is 5.32 Å². The molecule has 1 rings (SSSR count). The Bertz CT molecular complexity index is 351. The van der Waals surface area contributed by atoms with E-state index in [4.69, 9.17) is 5.11 Å². The lowest BCUT2D eigenvalue weighted by atomic mass is 10.1. The van der Waals surface area contributed by atoms with Crippen molar-refractivity contribution < 1.29 is 5.11 Å². The van der Waals surface area contributed by atoms with E-state index < -0.39 is 0 Å². The fourth-order valence-electron chi connectivity index (χ4n) is 2.17. The molecule has 0 spiro atoms. The Hall–Kier alpha value is -0.980. The van der Waals surface area contributed by atoms with Crippen LogP contribution in [0.15, 0.2) is 6.20 Å². The first kappa shape index (κ1) is 17.1. The average Bonchev–Trinajstić information content (AvgIpc) is 2.89. The molecule has 0 aliphatic rings. The summed E-state index contributed by atoms with van der Waals surface area (Å²) >= 11 is 0. The third kappa shape index (κ3) is 6.45. The van der Waals surface area contributed by atoms with Gasteiger partial charge in [-0.2, -0.15) is 0 Å². The summed E-state index contributed by atoms with van der Waals surface area (Å²) in [4.78, 5) is 2.45. The summed E-state index contributed by atoms with van der Waals surface area (Å²) in [7, 11) is 0. The Balaban J connectivity index is 2.17. The zero-order chi connectivity index (χ0) is 14.8. The van der Waals surface area contributed by atoms with Crippen molar-refractivity contribution in [2.24, 2.45) is 0 Å². The molecule has 0 saturated heterocycles. The third-order valence-electron chi connectivity index (χ3n) is 3.55. The normalized spacial score (nSPS) is 13.1. The number of aliphatic hydroxyl groups excluding tert-OH is 1. The lowest BCUT2D eigenvalue weighted by Crippen LogP contribution is -2.28. The minimum atomic E-state index is 0.0952. The molecule has 0 saturated carbocycles. The van der Waals surface area contributed by atoms with Gasteiger partial charge in [-0.1, -0.05) is 19.1 Å². The fourth-order valence-corrected chi connectivity index (χ4v) is 2.17. The SMILES string of the molecule is CCN(CC)CCCC(C)NCc1cn(CCO)nn1. The van der Waals surface area contributed by atoms with E-state index in [1.165, 1.54) is 19.4 Å². The minimum Gasteiger partial charge on any atom is -0.394 e. The van der Waals surface area contributed by atoms with Gasteiger partial charge >= 0.3 is 0 Å². The zero-order valence-corrected chi connectivity index (χ0v) is 13.0. The summed E-state index contributed by atoms with van der Waals surface area (Å²) in [6.45, 7) is 11.4. The Morgan fingerprint density at radius 1 is 1.40 bits per heavy atom. The number of nitrogens with one attached hydrogen (secondary N) is 1. The van der Waals surface area contributed by atoms with E-state index >= 15 is 0 Å². The van der Waals surface area contributed by atoms with E-state index in [1.54, 1.807) is 4.68 Å². The van der Waals surface area contributed by atoms with Gasteiger partial charge in [-0.15, -0.1) is 5.10 Å². The Morgan fingerprint density at radius 2 is 2.15 bits per heavy atom. The van der Waals surface area contributed by atoms with Crippen LogP contribution in [-0.4, -0.2) is 57.3 Å². The van der Waals surface area contributed by atoms with E-state index in [1.807, 2.05) is 6.20 Å². The van der Waals surface area contributed by atoms with Crippen molar-refractivity contribution in [1.82, 2.24) is 25.2 Å². The zero-order valence-electron chi connectivity index (χ0n) is 13.0. The number of rotatable bonds is 11. The van der Waals surface area contributed by atoms with E-state index in [-0.39, 0.29) is 6.61 Å². The molecule has 20 heavy (non-hydrogen) atoms. The van der Waals surface area contributed by atoms with Gasteiger partial charge in [0.2, 0.25) is 0 Å². The summed E-state index contributed by atoms with van der Waals surface area (Å²) in [6.07, 6.45) is 4.26. The van der Waals surface area contributed by atoms with Crippen LogP contribution in [-0.2, 0) is 13.1 Å². The van der Waals surface area contributed by atoms with E-state index in [0.717, 1.165) is 25.3 Å². The first-order valence-corrected chi connectivity index (χ1v) is 7.65. The van der Waals surface area contributed by atoms with E-state index in [0.29, 0.717) is 12.6 Å². The third-order valence-corrected chi connectivity index (χ3v) is 3.55. The molecule has 1 atom stereocenters. The van der Waals surface area contributed by atoms with Crippen LogP contribution in [0.2, 0.25) is 0 Å². The smallest absolute Gasteiger partial charge is 0.0964 e. The monoisotopic (exact) mass is 283 g/mol. The first-order chi connectivity index (χ1) is 9.69. The number of aromatic nitrogens is 3. The molecule has 1 unspecified atom stereocenters. The molecular formula is C14H29N5O. The number of hydrogen-bond acceptors (Lipinski definition) is 5. The van der Waals surface area contributed by atoms with Gasteiger partial charge < -0.3 is 15.3 Å². The van der Waals surface area contributed by atoms with Crippen LogP contribution in [0.5, 0.6) is 0 Å². The van der Waals surface area contributed by atoms with E-state index in [9.17, 15) is 0 Å². The average molecular weight is 283 g/mol. The maximum Gasteiger partial charge on any atom is 0.0964 e. The molecule has 0 aromatic carbocycles. The molecule has 6 nitrogen and oxygen atoms in total. The van der Waals surface area contributed by atoms with Gasteiger partial charge in [0.05, 0.1) is 18.8 Å². The Labute approximate surface area is 122 Å². The van der Waals surface area contributed by atoms with Crippen molar-refractivity contribution in [1.29, 1.82) is 0 Å². The molecule has 1 heterocycles. The summed E-state index contributed by atoms with van der Waals surface area (Å²) in [6, 6.07) is 0.480. The van der Waals surface area contributed by atoms with Crippen molar-refractivity contribution >= 4 is 0 Å². The van der Waals surface area contributed by atoms with Gasteiger partial charge in [-0.25, -0.2) is 4.68 Å². The summed E-state index contributed by atoms with van der Waals surface area (Å²) in [5.74, 6) is 0. The van der Waals surface area contributed by atoms with Crippen molar-refractivity contribution in [2.45, 2.75) is 52.7 Å². The predicted molar refractivity (Wildman–Crippen MR) is 80.4 cm³/mol. The largest absolute Gasteiger partial charge is 0.394 e.